The summed E-state index contributed by atoms with van der Waals surface area (Å²) < 4.78 is 7.66. The Morgan fingerprint density at radius 1 is 1.20 bits per heavy atom. The van der Waals surface area contributed by atoms with Crippen LogP contribution in [0, 0.1) is 0 Å². The van der Waals surface area contributed by atoms with Gasteiger partial charge in [-0.2, -0.15) is 5.10 Å². The summed E-state index contributed by atoms with van der Waals surface area (Å²) >= 11 is 0. The van der Waals surface area contributed by atoms with Gasteiger partial charge in [-0.15, -0.1) is 0 Å². The van der Waals surface area contributed by atoms with Crippen molar-refractivity contribution in [3.05, 3.63) is 47.8 Å². The number of rotatable bonds is 6. The van der Waals surface area contributed by atoms with Crippen LogP contribution in [0.25, 0.3) is 0 Å². The van der Waals surface area contributed by atoms with E-state index in [-0.39, 0.29) is 0 Å². The number of aliphatic hydroxyl groups is 1. The lowest BCUT2D eigenvalue weighted by atomic mass is 10.1. The molecule has 4 nitrogen and oxygen atoms in total. The lowest BCUT2D eigenvalue weighted by Gasteiger charge is -2.09. The third kappa shape index (κ3) is 3.61. The van der Waals surface area contributed by atoms with Crippen LogP contribution in [0.15, 0.2) is 36.5 Å². The van der Waals surface area contributed by atoms with Gasteiger partial charge in [0.2, 0.25) is 0 Å². The van der Waals surface area contributed by atoms with Crippen LogP contribution in [0.3, 0.4) is 0 Å². The third-order valence-electron chi connectivity index (χ3n) is 3.46. The molecule has 20 heavy (non-hydrogen) atoms. The highest BCUT2D eigenvalue weighted by Crippen LogP contribution is 2.18. The molecule has 0 aliphatic carbocycles. The molecule has 1 heterocycles. The van der Waals surface area contributed by atoms with Gasteiger partial charge in [0.15, 0.2) is 0 Å². The second kappa shape index (κ2) is 6.57. The van der Waals surface area contributed by atoms with Crippen LogP contribution < -0.4 is 4.74 Å². The van der Waals surface area contributed by atoms with E-state index in [0.717, 1.165) is 23.4 Å². The normalized spacial score (nSPS) is 14.0. The van der Waals surface area contributed by atoms with Crippen LogP contribution in [-0.2, 0) is 6.61 Å². The molecular formula is C16H22N2O2. The Kier molecular flexibility index (Phi) is 4.79. The fourth-order valence-corrected chi connectivity index (χ4v) is 1.89. The molecule has 2 atom stereocenters. The zero-order valence-corrected chi connectivity index (χ0v) is 12.3. The van der Waals surface area contributed by atoms with Crippen LogP contribution >= 0.6 is 0 Å². The Morgan fingerprint density at radius 2 is 1.90 bits per heavy atom. The zero-order valence-electron chi connectivity index (χ0n) is 12.3. The number of hydrogen-bond donors (Lipinski definition) is 1. The maximum absolute atomic E-state index is 9.45. The molecule has 0 spiro atoms. The Labute approximate surface area is 120 Å². The Morgan fingerprint density at radius 3 is 2.50 bits per heavy atom. The van der Waals surface area contributed by atoms with E-state index in [9.17, 15) is 5.11 Å². The van der Waals surface area contributed by atoms with Gasteiger partial charge >= 0.3 is 0 Å². The maximum atomic E-state index is 9.45. The van der Waals surface area contributed by atoms with Gasteiger partial charge in [-0.25, -0.2) is 0 Å². The molecule has 4 heteroatoms. The number of benzene rings is 1. The minimum Gasteiger partial charge on any atom is -0.487 e. The molecule has 1 aromatic carbocycles. The largest absolute Gasteiger partial charge is 0.487 e. The summed E-state index contributed by atoms with van der Waals surface area (Å²) in [6.45, 7) is 6.49. The summed E-state index contributed by atoms with van der Waals surface area (Å²) in [4.78, 5) is 0. The first-order valence-electron chi connectivity index (χ1n) is 7.05. The first-order chi connectivity index (χ1) is 9.60. The predicted octanol–water partition coefficient (Wildman–Crippen LogP) is 3.49. The van der Waals surface area contributed by atoms with Gasteiger partial charge in [-0.05, 0) is 44.0 Å². The molecular weight excluding hydrogens is 252 g/mol. The summed E-state index contributed by atoms with van der Waals surface area (Å²) in [6, 6.07) is 9.88. The van der Waals surface area contributed by atoms with E-state index in [2.05, 4.69) is 18.9 Å². The lowest BCUT2D eigenvalue weighted by molar-refractivity contribution is 0.199. The van der Waals surface area contributed by atoms with Gasteiger partial charge in [0.25, 0.3) is 0 Å². The van der Waals surface area contributed by atoms with E-state index in [0.29, 0.717) is 12.6 Å². The molecule has 0 aliphatic heterocycles. The molecule has 1 unspecified atom stereocenters. The van der Waals surface area contributed by atoms with Crippen molar-refractivity contribution in [1.29, 1.82) is 0 Å². The first-order valence-corrected chi connectivity index (χ1v) is 7.05. The molecule has 0 saturated carbocycles. The topological polar surface area (TPSA) is 47.3 Å². The minimum atomic E-state index is -0.449. The lowest BCUT2D eigenvalue weighted by Crippen LogP contribution is -2.05. The first kappa shape index (κ1) is 14.6. The number of hydrogen-bond acceptors (Lipinski definition) is 3. The monoisotopic (exact) mass is 274 g/mol. The van der Waals surface area contributed by atoms with Gasteiger partial charge < -0.3 is 9.84 Å². The summed E-state index contributed by atoms with van der Waals surface area (Å²) in [5, 5.41) is 13.9. The maximum Gasteiger partial charge on any atom is 0.132 e. The Hall–Kier alpha value is -1.81. The van der Waals surface area contributed by atoms with Gasteiger partial charge in [-0.3, -0.25) is 4.68 Å². The average molecular weight is 274 g/mol. The number of nitrogens with zero attached hydrogens (tertiary/aromatic N) is 2. The number of aliphatic hydroxyl groups excluding tert-OH is 1. The van der Waals surface area contributed by atoms with Crippen LogP contribution in [0.2, 0.25) is 0 Å². The highest BCUT2D eigenvalue weighted by Gasteiger charge is 2.05. The van der Waals surface area contributed by atoms with Crippen molar-refractivity contribution in [2.24, 2.45) is 0 Å². The highest BCUT2D eigenvalue weighted by molar-refractivity contribution is 5.28. The second-order valence-corrected chi connectivity index (χ2v) is 5.08. The van der Waals surface area contributed by atoms with Crippen molar-refractivity contribution in [3.63, 3.8) is 0 Å². The molecule has 1 N–H and O–H groups in total. The minimum absolute atomic E-state index is 0.411. The SMILES string of the molecule is CCC(C)n1ccc(COc2ccc([C@H](C)O)cc2)n1. The van der Waals surface area contributed by atoms with Crippen molar-refractivity contribution in [2.75, 3.05) is 0 Å². The smallest absolute Gasteiger partial charge is 0.132 e. The van der Waals surface area contributed by atoms with E-state index in [4.69, 9.17) is 4.74 Å². The fraction of sp³-hybridized carbons (Fsp3) is 0.438. The number of aromatic nitrogens is 2. The summed E-state index contributed by atoms with van der Waals surface area (Å²) in [5.74, 6) is 0.785. The summed E-state index contributed by atoms with van der Waals surface area (Å²) in [7, 11) is 0. The molecule has 0 radical (unpaired) electrons. The highest BCUT2D eigenvalue weighted by atomic mass is 16.5. The van der Waals surface area contributed by atoms with E-state index < -0.39 is 6.10 Å². The van der Waals surface area contributed by atoms with Crippen LogP contribution in [-0.4, -0.2) is 14.9 Å². The molecule has 2 rings (SSSR count). The van der Waals surface area contributed by atoms with Crippen LogP contribution in [0.5, 0.6) is 5.75 Å². The summed E-state index contributed by atoms with van der Waals surface area (Å²) in [5.41, 5.74) is 1.81. The standard InChI is InChI=1S/C16H22N2O2/c1-4-12(2)18-10-9-15(17-18)11-20-16-7-5-14(6-8-16)13(3)19/h5-10,12-13,19H,4,11H2,1-3H3/t12?,13-/m0/s1. The molecule has 0 fully saturated rings. The van der Waals surface area contributed by atoms with Gasteiger partial charge in [0.1, 0.15) is 12.4 Å². The zero-order chi connectivity index (χ0) is 14.5. The van der Waals surface area contributed by atoms with Crippen molar-refractivity contribution in [2.45, 2.75) is 45.9 Å². The van der Waals surface area contributed by atoms with Crippen molar-refractivity contribution in [3.8, 4) is 5.75 Å². The van der Waals surface area contributed by atoms with Gasteiger partial charge in [0, 0.05) is 12.2 Å². The fourth-order valence-electron chi connectivity index (χ4n) is 1.89. The van der Waals surface area contributed by atoms with E-state index in [1.807, 2.05) is 41.2 Å². The summed E-state index contributed by atoms with van der Waals surface area (Å²) in [6.07, 6.45) is 2.60. The Bertz CT molecular complexity index is 532. The van der Waals surface area contributed by atoms with Gasteiger partial charge in [0.05, 0.1) is 11.8 Å². The quantitative estimate of drug-likeness (QED) is 0.877. The molecule has 2 aromatic rings. The van der Waals surface area contributed by atoms with Crippen molar-refractivity contribution >= 4 is 0 Å². The van der Waals surface area contributed by atoms with Crippen LogP contribution in [0.4, 0.5) is 0 Å². The number of ether oxygens (including phenoxy) is 1. The molecule has 108 valence electrons. The van der Waals surface area contributed by atoms with E-state index >= 15 is 0 Å². The van der Waals surface area contributed by atoms with Crippen LogP contribution in [0.1, 0.15) is 50.6 Å². The average Bonchev–Trinajstić information content (AvgIpc) is 2.93. The van der Waals surface area contributed by atoms with Crippen molar-refractivity contribution in [1.82, 2.24) is 9.78 Å². The molecule has 1 aromatic heterocycles. The predicted molar refractivity (Wildman–Crippen MR) is 78.6 cm³/mol. The second-order valence-electron chi connectivity index (χ2n) is 5.08. The van der Waals surface area contributed by atoms with E-state index in [1.54, 1.807) is 6.92 Å². The molecule has 0 saturated heterocycles. The van der Waals surface area contributed by atoms with Crippen molar-refractivity contribution < 1.29 is 9.84 Å². The Balaban J connectivity index is 1.93. The van der Waals surface area contributed by atoms with E-state index in [1.165, 1.54) is 0 Å². The molecule has 0 aliphatic rings. The van der Waals surface area contributed by atoms with Gasteiger partial charge in [-0.1, -0.05) is 19.1 Å². The molecule has 0 bridgehead atoms. The third-order valence-corrected chi connectivity index (χ3v) is 3.46. The molecule has 0 amide bonds.